The fraction of sp³-hybridized carbons (Fsp3) is 0.0595. The Morgan fingerprint density at radius 2 is 0.705 bits per heavy atom. The normalized spacial score (nSPS) is 11.1. The van der Waals surface area contributed by atoms with E-state index in [2.05, 4.69) is 135 Å². The summed E-state index contributed by atoms with van der Waals surface area (Å²) >= 11 is 0. The highest BCUT2D eigenvalue weighted by Crippen LogP contribution is 2.39. The minimum absolute atomic E-state index is 0.0324. The van der Waals surface area contributed by atoms with Crippen molar-refractivity contribution >= 4 is 67.9 Å². The number of nitrogens with one attached hydrogen (secondary N) is 3. The molecule has 11 heterocycles. The molecule has 0 saturated carbocycles. The van der Waals surface area contributed by atoms with Crippen LogP contribution in [0.5, 0.6) is 0 Å². The van der Waals surface area contributed by atoms with Crippen LogP contribution < -0.4 is 21.7 Å². The van der Waals surface area contributed by atoms with Crippen molar-refractivity contribution in [1.82, 2.24) is 80.1 Å². The molecule has 546 valence electrons. The minimum atomic E-state index is -0.714. The number of carbonyl (C=O) groups excluding carboxylic acids is 2. The van der Waals surface area contributed by atoms with Gasteiger partial charge in [0.05, 0.1) is 83.6 Å². The summed E-state index contributed by atoms with van der Waals surface area (Å²) in [6.07, 6.45) is 14.9. The van der Waals surface area contributed by atoms with Crippen LogP contribution in [0.1, 0.15) is 44.0 Å². The Labute approximate surface area is 637 Å². The number of benzene rings is 6. The van der Waals surface area contributed by atoms with E-state index in [1.165, 1.54) is 20.4 Å². The van der Waals surface area contributed by atoms with E-state index in [0.29, 0.717) is 87.9 Å². The highest BCUT2D eigenvalue weighted by atomic mass is 16.6. The number of ether oxygens (including phenoxy) is 2. The Bertz CT molecular complexity index is 5950. The van der Waals surface area contributed by atoms with Gasteiger partial charge in [-0.3, -0.25) is 29.9 Å². The predicted octanol–water partition coefficient (Wildman–Crippen LogP) is 14.9. The van der Waals surface area contributed by atoms with Crippen molar-refractivity contribution in [3.63, 3.8) is 0 Å². The summed E-state index contributed by atoms with van der Waals surface area (Å²) in [5.41, 5.74) is 20.4. The van der Waals surface area contributed by atoms with E-state index < -0.39 is 11.9 Å². The van der Waals surface area contributed by atoms with Gasteiger partial charge in [-0.05, 0) is 106 Å². The number of rotatable bonds is 20. The van der Waals surface area contributed by atoms with Gasteiger partial charge in [0.25, 0.3) is 0 Å². The first-order chi connectivity index (χ1) is 55.1. The number of oxime groups is 1. The molecule has 6 N–H and O–H groups in total. The van der Waals surface area contributed by atoms with Gasteiger partial charge < -0.3 is 45.4 Å². The zero-order valence-corrected chi connectivity index (χ0v) is 59.7. The highest BCUT2D eigenvalue weighted by Gasteiger charge is 2.23. The number of nitrogens with two attached hydrogens (primary N) is 1. The van der Waals surface area contributed by atoms with Gasteiger partial charge in [0.1, 0.15) is 17.5 Å². The second-order valence-corrected chi connectivity index (χ2v) is 24.6. The molecule has 28 heteroatoms. The molecule has 17 rings (SSSR count). The number of hydrogen-bond acceptors (Lipinski definition) is 27. The van der Waals surface area contributed by atoms with Crippen LogP contribution in [-0.4, -0.2) is 117 Å². The van der Waals surface area contributed by atoms with Gasteiger partial charge in [-0.25, -0.2) is 39.5 Å². The molecule has 0 aliphatic carbocycles. The lowest BCUT2D eigenvalue weighted by Crippen LogP contribution is -2.13. The van der Waals surface area contributed by atoms with Crippen LogP contribution in [0.3, 0.4) is 0 Å². The summed E-state index contributed by atoms with van der Waals surface area (Å²) in [6.45, 7) is 1.46. The lowest BCUT2D eigenvalue weighted by molar-refractivity contribution is 0.0538. The monoisotopic (exact) mass is 1480 g/mol. The van der Waals surface area contributed by atoms with Crippen molar-refractivity contribution < 1.29 is 33.3 Å². The van der Waals surface area contributed by atoms with Gasteiger partial charge in [-0.15, -0.1) is 0 Å². The Hall–Kier alpha value is -15.9. The maximum Gasteiger partial charge on any atom is 0.397 e. The third kappa shape index (κ3) is 16.4. The maximum absolute atomic E-state index is 11.7. The van der Waals surface area contributed by atoms with Crippen LogP contribution in [0.4, 0.5) is 17.5 Å². The van der Waals surface area contributed by atoms with Gasteiger partial charge in [0.2, 0.25) is 11.6 Å². The van der Waals surface area contributed by atoms with Gasteiger partial charge in [0.15, 0.2) is 23.3 Å². The molecule has 28 nitrogen and oxygen atoms in total. The summed E-state index contributed by atoms with van der Waals surface area (Å²) < 4.78 is 19.3. The van der Waals surface area contributed by atoms with Crippen molar-refractivity contribution in [2.24, 2.45) is 10.9 Å². The third-order valence-electron chi connectivity index (χ3n) is 17.4. The number of amidine groups is 1. The fourth-order valence-electron chi connectivity index (χ4n) is 12.1. The summed E-state index contributed by atoms with van der Waals surface area (Å²) in [7, 11) is 2.49. The largest absolute Gasteiger partial charge is 0.462 e. The van der Waals surface area contributed by atoms with Crippen LogP contribution in [0, 0.1) is 0 Å². The van der Waals surface area contributed by atoms with Crippen LogP contribution in [0.2, 0.25) is 0 Å². The van der Waals surface area contributed by atoms with Crippen molar-refractivity contribution in [2.45, 2.75) is 19.6 Å². The van der Waals surface area contributed by atoms with E-state index in [1.54, 1.807) is 67.8 Å². The van der Waals surface area contributed by atoms with Crippen molar-refractivity contribution in [2.75, 3.05) is 30.2 Å². The highest BCUT2D eigenvalue weighted by molar-refractivity contribution is 6.05. The number of fused-ring (bicyclic) bond motifs is 3. The Morgan fingerprint density at radius 1 is 0.375 bits per heavy atom. The molecule has 11 aromatic heterocycles. The predicted molar refractivity (Wildman–Crippen MR) is 421 cm³/mol. The van der Waals surface area contributed by atoms with Crippen LogP contribution >= 0.6 is 0 Å². The number of esters is 2. The van der Waals surface area contributed by atoms with E-state index in [-0.39, 0.29) is 29.3 Å². The second kappa shape index (κ2) is 33.7. The zero-order valence-electron chi connectivity index (χ0n) is 59.7. The lowest BCUT2D eigenvalue weighted by Gasteiger charge is -2.14. The van der Waals surface area contributed by atoms with Gasteiger partial charge in [0, 0.05) is 89.2 Å². The molecule has 0 bridgehead atoms. The number of nitrogens with zero attached hydrogens (tertiary/aromatic N) is 17. The molecule has 0 atom stereocenters. The Balaban J connectivity index is 0.000000133. The molecule has 17 aromatic rings. The Kier molecular flexibility index (Phi) is 21.6. The van der Waals surface area contributed by atoms with E-state index >= 15 is 0 Å². The average Bonchev–Trinajstić information content (AvgIpc) is 0.806. The van der Waals surface area contributed by atoms with Gasteiger partial charge >= 0.3 is 23.7 Å². The molecule has 6 aromatic carbocycles. The molecule has 112 heavy (non-hydrogen) atoms. The smallest absolute Gasteiger partial charge is 0.397 e. The molecule has 0 radical (unpaired) electrons. The molecule has 0 aliphatic rings. The molecule has 0 amide bonds. The molecule has 0 spiro atoms. The summed E-state index contributed by atoms with van der Waals surface area (Å²) in [6, 6.07) is 71.1. The van der Waals surface area contributed by atoms with Crippen LogP contribution in [-0.2, 0) is 29.1 Å². The number of hydrogen-bond donors (Lipinski definition) is 5. The maximum atomic E-state index is 11.7. The van der Waals surface area contributed by atoms with E-state index in [4.69, 9.17) is 49.9 Å². The second-order valence-electron chi connectivity index (χ2n) is 24.6. The summed E-state index contributed by atoms with van der Waals surface area (Å²) in [4.78, 5) is 87.1. The first-order valence-corrected chi connectivity index (χ1v) is 34.8. The minimum Gasteiger partial charge on any atom is -0.462 e. The summed E-state index contributed by atoms with van der Waals surface area (Å²) in [5, 5.41) is 33.0. The molecule has 0 aliphatic heterocycles. The molecular weight excluding hydrogens is 1420 g/mol. The first kappa shape index (κ1) is 71.7. The summed E-state index contributed by atoms with van der Waals surface area (Å²) in [5.74, 6) is 1.86. The molecule has 0 fully saturated rings. The van der Waals surface area contributed by atoms with Crippen molar-refractivity contribution in [1.29, 1.82) is 0 Å². The number of methoxy groups -OCH3 is 2. The molecule has 0 saturated heterocycles. The zero-order chi connectivity index (χ0) is 76.5. The van der Waals surface area contributed by atoms with Crippen molar-refractivity contribution in [3.8, 4) is 90.3 Å². The van der Waals surface area contributed by atoms with E-state index in [1.807, 2.05) is 146 Å². The van der Waals surface area contributed by atoms with Crippen molar-refractivity contribution in [3.05, 3.63) is 309 Å². The topological polar surface area (TPSA) is 380 Å². The van der Waals surface area contributed by atoms with E-state index in [0.717, 1.165) is 83.2 Å². The number of carbonyl (C=O) groups is 2. The number of pyridine rings is 6. The number of aromatic nitrogens is 16. The van der Waals surface area contributed by atoms with Gasteiger partial charge in [-0.2, -0.15) is 9.97 Å². The lowest BCUT2D eigenvalue weighted by atomic mass is 10.0. The Morgan fingerprint density at radius 3 is 1.04 bits per heavy atom. The van der Waals surface area contributed by atoms with E-state index in [9.17, 15) is 9.59 Å². The van der Waals surface area contributed by atoms with Gasteiger partial charge in [-0.1, -0.05) is 161 Å². The quantitative estimate of drug-likeness (QED) is 0.0155. The van der Waals surface area contributed by atoms with Crippen LogP contribution in [0.25, 0.3) is 123 Å². The average molecular weight is 1480 g/mol. The standard InChI is InChI=1S/2C29H21N7O3.C26H21N7O/c2*1-38-29(37)28-35-26(36-39-28)20-14-19(15-30-16-20)25-33-23-12-7-11-22(18-8-3-2-4-9-18)24(23)27(34-25)32-17-21-10-5-6-13-31-21;27-24(33-34)18-13-19(15-28-14-18)25-31-22-11-6-10-21(17-7-2-1-3-8-17)23(22)26(32-25)30-16-20-9-4-5-12-29-20/h2*2-16H,17H2,1H3,(H,32,33,34);1-15,34H,16H2,(H2,27,33)(H,30,31,32). The molecular formula is C84H63N21O7. The fourth-order valence-corrected chi connectivity index (χ4v) is 12.1. The SMILES string of the molecule is COC(=O)c1nc(-c2cncc(-c3nc(NCc4ccccn4)c4c(-c5ccccc5)cccc4n3)c2)no1.COC(=O)c1nc(-c2cncc(-c3nc(NCc4ccccn4)c4c(-c5ccccc5)cccc4n3)c2)no1.NC(=NO)c1cncc(-c2nc(NCc3ccccn3)c3c(-c4ccccc4)cccc3n2)c1. The van der Waals surface area contributed by atoms with Crippen LogP contribution in [0.15, 0.2) is 288 Å². The molecule has 0 unspecified atom stereocenters. The first-order valence-electron chi connectivity index (χ1n) is 34.8. The third-order valence-corrected chi connectivity index (χ3v) is 17.4. The number of anilines is 3.